The first-order valence-electron chi connectivity index (χ1n) is 5.90. The van der Waals surface area contributed by atoms with Crippen LogP contribution in [0.4, 0.5) is 0 Å². The first-order chi connectivity index (χ1) is 8.34. The van der Waals surface area contributed by atoms with E-state index in [-0.39, 0.29) is 0 Å². The quantitative estimate of drug-likeness (QED) is 0.793. The number of nitrogens with zero attached hydrogens (tertiary/aromatic N) is 2. The Morgan fingerprint density at radius 1 is 1.35 bits per heavy atom. The van der Waals surface area contributed by atoms with Crippen molar-refractivity contribution in [2.24, 2.45) is 0 Å². The van der Waals surface area contributed by atoms with Crippen LogP contribution in [0.2, 0.25) is 0 Å². The summed E-state index contributed by atoms with van der Waals surface area (Å²) in [6, 6.07) is 2.03. The fourth-order valence-electron chi connectivity index (χ4n) is 2.14. The zero-order valence-corrected chi connectivity index (χ0v) is 10.6. The fourth-order valence-corrected chi connectivity index (χ4v) is 3.06. The van der Waals surface area contributed by atoms with Crippen molar-refractivity contribution in [1.29, 1.82) is 0 Å². The van der Waals surface area contributed by atoms with Crippen LogP contribution in [0.5, 0.6) is 0 Å². The number of hydrogen-bond acceptors (Lipinski definition) is 3. The van der Waals surface area contributed by atoms with Gasteiger partial charge >= 0.3 is 0 Å². The monoisotopic (exact) mass is 242 g/mol. The molecule has 86 valence electrons. The van der Waals surface area contributed by atoms with E-state index in [1.54, 1.807) is 11.3 Å². The first-order valence-corrected chi connectivity index (χ1v) is 6.78. The van der Waals surface area contributed by atoms with Crippen molar-refractivity contribution < 1.29 is 0 Å². The highest BCUT2D eigenvalue weighted by Crippen LogP contribution is 2.32. The van der Waals surface area contributed by atoms with Gasteiger partial charge in [-0.25, -0.2) is 4.98 Å². The first kappa shape index (κ1) is 10.7. The molecule has 3 rings (SSSR count). The molecule has 0 saturated heterocycles. The summed E-state index contributed by atoms with van der Waals surface area (Å²) in [6.07, 6.45) is 9.69. The predicted octanol–water partition coefficient (Wildman–Crippen LogP) is 4.08. The Balaban J connectivity index is 1.98. The van der Waals surface area contributed by atoms with Crippen molar-refractivity contribution in [2.45, 2.75) is 26.2 Å². The Morgan fingerprint density at radius 2 is 2.29 bits per heavy atom. The number of hydrogen-bond donors (Lipinski definition) is 0. The van der Waals surface area contributed by atoms with Gasteiger partial charge in [-0.1, -0.05) is 6.08 Å². The molecule has 2 aromatic heterocycles. The molecule has 0 spiro atoms. The minimum absolute atomic E-state index is 1.08. The molecule has 0 saturated carbocycles. The van der Waals surface area contributed by atoms with Crippen molar-refractivity contribution in [3.8, 4) is 10.6 Å². The molecule has 0 atom stereocenters. The van der Waals surface area contributed by atoms with Crippen molar-refractivity contribution in [2.75, 3.05) is 0 Å². The molecule has 0 amide bonds. The molecule has 0 N–H and O–H groups in total. The summed E-state index contributed by atoms with van der Waals surface area (Å²) >= 11 is 1.71. The summed E-state index contributed by atoms with van der Waals surface area (Å²) in [5.74, 6) is 0. The van der Waals surface area contributed by atoms with Crippen molar-refractivity contribution in [3.63, 3.8) is 0 Å². The maximum absolute atomic E-state index is 4.73. The maximum Gasteiger partial charge on any atom is 0.125 e. The SMILES string of the molecule is Cc1ccncc1-c1nc(C2=CCCC2)cs1. The topological polar surface area (TPSA) is 25.8 Å². The van der Waals surface area contributed by atoms with E-state index in [0.717, 1.165) is 16.3 Å². The number of allylic oxidation sites excluding steroid dienone is 2. The Labute approximate surface area is 105 Å². The van der Waals surface area contributed by atoms with E-state index >= 15 is 0 Å². The summed E-state index contributed by atoms with van der Waals surface area (Å²) in [7, 11) is 0. The molecule has 2 heterocycles. The van der Waals surface area contributed by atoms with Gasteiger partial charge in [-0.05, 0) is 43.4 Å². The second kappa shape index (κ2) is 4.41. The Bertz CT molecular complexity index is 569. The lowest BCUT2D eigenvalue weighted by Gasteiger charge is -2.00. The van der Waals surface area contributed by atoms with E-state index in [9.17, 15) is 0 Å². The normalized spacial score (nSPS) is 15.0. The van der Waals surface area contributed by atoms with Gasteiger partial charge in [0.1, 0.15) is 5.01 Å². The molecule has 2 nitrogen and oxygen atoms in total. The van der Waals surface area contributed by atoms with E-state index in [1.165, 1.54) is 30.4 Å². The molecule has 1 aliphatic rings. The minimum Gasteiger partial charge on any atom is -0.264 e. The second-order valence-corrected chi connectivity index (χ2v) is 5.21. The molecule has 2 aromatic rings. The maximum atomic E-state index is 4.73. The summed E-state index contributed by atoms with van der Waals surface area (Å²) in [5.41, 5.74) is 4.96. The third kappa shape index (κ3) is 2.03. The largest absolute Gasteiger partial charge is 0.264 e. The van der Waals surface area contributed by atoms with Crippen LogP contribution < -0.4 is 0 Å². The highest BCUT2D eigenvalue weighted by molar-refractivity contribution is 7.13. The third-order valence-corrected chi connectivity index (χ3v) is 4.02. The van der Waals surface area contributed by atoms with E-state index in [0.29, 0.717) is 0 Å². The molecule has 17 heavy (non-hydrogen) atoms. The third-order valence-electron chi connectivity index (χ3n) is 3.14. The van der Waals surface area contributed by atoms with Gasteiger partial charge in [0.05, 0.1) is 5.69 Å². The highest BCUT2D eigenvalue weighted by Gasteiger charge is 2.12. The minimum atomic E-state index is 1.08. The van der Waals surface area contributed by atoms with E-state index in [4.69, 9.17) is 4.98 Å². The average Bonchev–Trinajstić information content (AvgIpc) is 3.00. The van der Waals surface area contributed by atoms with Crippen molar-refractivity contribution in [3.05, 3.63) is 41.2 Å². The smallest absolute Gasteiger partial charge is 0.125 e. The van der Waals surface area contributed by atoms with Crippen molar-refractivity contribution >= 4 is 16.9 Å². The van der Waals surface area contributed by atoms with Gasteiger partial charge in [-0.2, -0.15) is 0 Å². The van der Waals surface area contributed by atoms with E-state index in [2.05, 4.69) is 23.4 Å². The van der Waals surface area contributed by atoms with Gasteiger partial charge in [0, 0.05) is 23.3 Å². The number of aromatic nitrogens is 2. The van der Waals surface area contributed by atoms with Gasteiger partial charge < -0.3 is 0 Å². The van der Waals surface area contributed by atoms with E-state index in [1.807, 2.05) is 18.5 Å². The molecular formula is C14H14N2S. The van der Waals surface area contributed by atoms with Gasteiger partial charge in [0.25, 0.3) is 0 Å². The molecule has 3 heteroatoms. The molecular weight excluding hydrogens is 228 g/mol. The molecule has 0 aliphatic heterocycles. The lowest BCUT2D eigenvalue weighted by Crippen LogP contribution is -1.85. The summed E-state index contributed by atoms with van der Waals surface area (Å²) in [4.78, 5) is 8.91. The molecule has 0 aromatic carbocycles. The predicted molar refractivity (Wildman–Crippen MR) is 71.9 cm³/mol. The number of aryl methyl sites for hydroxylation is 1. The average molecular weight is 242 g/mol. The highest BCUT2D eigenvalue weighted by atomic mass is 32.1. The fraction of sp³-hybridized carbons (Fsp3) is 0.286. The van der Waals surface area contributed by atoms with Crippen LogP contribution in [-0.2, 0) is 0 Å². The van der Waals surface area contributed by atoms with Crippen LogP contribution in [0.1, 0.15) is 30.5 Å². The molecule has 0 fully saturated rings. The Morgan fingerprint density at radius 3 is 3.06 bits per heavy atom. The Kier molecular flexibility index (Phi) is 2.77. The van der Waals surface area contributed by atoms with E-state index < -0.39 is 0 Å². The van der Waals surface area contributed by atoms with Gasteiger partial charge in [-0.15, -0.1) is 11.3 Å². The standard InChI is InChI=1S/C14H14N2S/c1-10-6-7-15-8-12(10)14-16-13(9-17-14)11-4-2-3-5-11/h4,6-9H,2-3,5H2,1H3. The van der Waals surface area contributed by atoms with Gasteiger partial charge in [-0.3, -0.25) is 4.98 Å². The number of rotatable bonds is 2. The molecule has 0 radical (unpaired) electrons. The Hall–Kier alpha value is -1.48. The summed E-state index contributed by atoms with van der Waals surface area (Å²) < 4.78 is 0. The van der Waals surface area contributed by atoms with Gasteiger partial charge in [0.2, 0.25) is 0 Å². The molecule has 0 unspecified atom stereocenters. The molecule has 0 bridgehead atoms. The summed E-state index contributed by atoms with van der Waals surface area (Å²) in [6.45, 7) is 2.10. The van der Waals surface area contributed by atoms with Crippen LogP contribution in [0.3, 0.4) is 0 Å². The van der Waals surface area contributed by atoms with Crippen LogP contribution in [0.25, 0.3) is 16.1 Å². The van der Waals surface area contributed by atoms with Crippen LogP contribution in [0, 0.1) is 6.92 Å². The van der Waals surface area contributed by atoms with Crippen LogP contribution >= 0.6 is 11.3 Å². The van der Waals surface area contributed by atoms with Crippen LogP contribution in [0.15, 0.2) is 29.9 Å². The lowest BCUT2D eigenvalue weighted by molar-refractivity contribution is 0.933. The summed E-state index contributed by atoms with van der Waals surface area (Å²) in [5, 5.41) is 3.25. The van der Waals surface area contributed by atoms with Crippen LogP contribution in [-0.4, -0.2) is 9.97 Å². The zero-order valence-electron chi connectivity index (χ0n) is 9.81. The van der Waals surface area contributed by atoms with Crippen molar-refractivity contribution in [1.82, 2.24) is 9.97 Å². The number of thiazole rings is 1. The second-order valence-electron chi connectivity index (χ2n) is 4.35. The number of pyridine rings is 1. The molecule has 1 aliphatic carbocycles. The van der Waals surface area contributed by atoms with Gasteiger partial charge in [0.15, 0.2) is 0 Å². The lowest BCUT2D eigenvalue weighted by atomic mass is 10.1. The zero-order chi connectivity index (χ0) is 11.7.